The summed E-state index contributed by atoms with van der Waals surface area (Å²) >= 11 is 0. The highest BCUT2D eigenvalue weighted by molar-refractivity contribution is 5.74. The van der Waals surface area contributed by atoms with E-state index in [1.54, 1.807) is 0 Å². The molecule has 0 aromatic heterocycles. The molecule has 0 heterocycles. The van der Waals surface area contributed by atoms with Gasteiger partial charge >= 0.3 is 0 Å². The van der Waals surface area contributed by atoms with Crippen molar-refractivity contribution in [3.63, 3.8) is 0 Å². The maximum Gasteiger partial charge on any atom is 0.236 e. The summed E-state index contributed by atoms with van der Waals surface area (Å²) in [5, 5.41) is 4.06. The van der Waals surface area contributed by atoms with Gasteiger partial charge < -0.3 is 0 Å². The number of hydrogen-bond donors (Lipinski definition) is 1. The molecule has 2 aliphatic rings. The molecule has 0 aromatic carbocycles. The lowest BCUT2D eigenvalue weighted by Gasteiger charge is -2.39. The van der Waals surface area contributed by atoms with Gasteiger partial charge in [-0.1, -0.05) is 32.1 Å². The fourth-order valence-electron chi connectivity index (χ4n) is 3.40. The van der Waals surface area contributed by atoms with Crippen LogP contribution in [0.2, 0.25) is 0 Å². The third-order valence-electron chi connectivity index (χ3n) is 4.12. The van der Waals surface area contributed by atoms with Crippen molar-refractivity contribution in [1.82, 2.24) is 5.43 Å². The Bertz CT molecular complexity index is 273. The molecule has 0 radical (unpaired) electrons. The quantitative estimate of drug-likeness (QED) is 0.566. The first-order valence-corrected chi connectivity index (χ1v) is 6.57. The van der Waals surface area contributed by atoms with E-state index < -0.39 is 0 Å². The summed E-state index contributed by atoms with van der Waals surface area (Å²) in [5.74, 6) is 2.29. The number of rotatable bonds is 2. The summed E-state index contributed by atoms with van der Waals surface area (Å²) < 4.78 is 0. The molecule has 0 bridgehead atoms. The molecule has 16 heavy (non-hydrogen) atoms. The predicted molar refractivity (Wildman–Crippen MR) is 65.1 cm³/mol. The molecule has 3 atom stereocenters. The molecule has 90 valence electrons. The van der Waals surface area contributed by atoms with Crippen LogP contribution in [0.3, 0.4) is 0 Å². The molecule has 2 fully saturated rings. The van der Waals surface area contributed by atoms with E-state index in [0.29, 0.717) is 5.92 Å². The van der Waals surface area contributed by atoms with Crippen LogP contribution < -0.4 is 5.43 Å². The fraction of sp³-hybridized carbons (Fsp3) is 0.846. The Balaban J connectivity index is 1.91. The lowest BCUT2D eigenvalue weighted by molar-refractivity contribution is -0.118. The Labute approximate surface area is 97.7 Å². The molecule has 3 heteroatoms. The maximum atomic E-state index is 10.7. The number of amides is 1. The number of carbonyl (C=O) groups excluding carboxylic acids is 1. The van der Waals surface area contributed by atoms with E-state index in [1.807, 2.05) is 6.21 Å². The third-order valence-corrected chi connectivity index (χ3v) is 4.12. The summed E-state index contributed by atoms with van der Waals surface area (Å²) in [6, 6.07) is 0. The highest BCUT2D eigenvalue weighted by Gasteiger charge is 2.33. The third kappa shape index (κ3) is 2.83. The number of carbonyl (C=O) groups is 1. The Kier molecular flexibility index (Phi) is 3.97. The number of nitrogens with one attached hydrogen (secondary N) is 1. The smallest absolute Gasteiger partial charge is 0.236 e. The van der Waals surface area contributed by atoms with Gasteiger partial charge in [-0.3, -0.25) is 4.79 Å². The summed E-state index contributed by atoms with van der Waals surface area (Å²) in [4.78, 5) is 10.7. The lowest BCUT2D eigenvalue weighted by Crippen LogP contribution is -2.32. The van der Waals surface area contributed by atoms with Gasteiger partial charge in [0, 0.05) is 13.1 Å². The van der Waals surface area contributed by atoms with Crippen molar-refractivity contribution >= 4 is 12.1 Å². The first kappa shape index (κ1) is 11.6. The van der Waals surface area contributed by atoms with Gasteiger partial charge in [-0.25, -0.2) is 5.43 Å². The van der Waals surface area contributed by atoms with E-state index in [0.717, 1.165) is 11.8 Å². The van der Waals surface area contributed by atoms with E-state index in [1.165, 1.54) is 51.9 Å². The number of hydrazone groups is 1. The van der Waals surface area contributed by atoms with Gasteiger partial charge in [-0.05, 0) is 30.6 Å². The normalized spacial score (nSPS) is 34.7. The minimum absolute atomic E-state index is 0.0766. The Morgan fingerprint density at radius 2 is 1.94 bits per heavy atom. The van der Waals surface area contributed by atoms with Crippen LogP contribution in [-0.2, 0) is 4.79 Å². The average Bonchev–Trinajstić information content (AvgIpc) is 2.29. The molecule has 2 aliphatic carbocycles. The van der Waals surface area contributed by atoms with Gasteiger partial charge in [0.2, 0.25) is 5.91 Å². The van der Waals surface area contributed by atoms with Crippen molar-refractivity contribution in [2.45, 2.75) is 51.9 Å². The molecule has 2 rings (SSSR count). The summed E-state index contributed by atoms with van der Waals surface area (Å²) in [6.45, 7) is 1.50. The first-order chi connectivity index (χ1) is 7.77. The van der Waals surface area contributed by atoms with Crippen LogP contribution >= 0.6 is 0 Å². The monoisotopic (exact) mass is 222 g/mol. The molecule has 0 spiro atoms. The Morgan fingerprint density at radius 1 is 1.19 bits per heavy atom. The number of nitrogens with zero attached hydrogens (tertiary/aromatic N) is 1. The Hall–Kier alpha value is -0.860. The number of hydrogen-bond acceptors (Lipinski definition) is 2. The zero-order chi connectivity index (χ0) is 11.4. The molecule has 0 saturated heterocycles. The number of fused-ring (bicyclic) bond motifs is 1. The molecule has 2 saturated carbocycles. The molecule has 1 amide bonds. The van der Waals surface area contributed by atoms with Crippen LogP contribution in [0.25, 0.3) is 0 Å². The van der Waals surface area contributed by atoms with Crippen LogP contribution in [0.1, 0.15) is 51.9 Å². The van der Waals surface area contributed by atoms with Gasteiger partial charge in [0.05, 0.1) is 0 Å². The zero-order valence-corrected chi connectivity index (χ0v) is 10.1. The van der Waals surface area contributed by atoms with Crippen molar-refractivity contribution < 1.29 is 4.79 Å². The SMILES string of the molecule is CC(=O)N/N=C/C1CCCC2CCCCC12. The highest BCUT2D eigenvalue weighted by Crippen LogP contribution is 2.42. The van der Waals surface area contributed by atoms with Crippen LogP contribution in [-0.4, -0.2) is 12.1 Å². The largest absolute Gasteiger partial charge is 0.274 e. The lowest BCUT2D eigenvalue weighted by atomic mass is 9.66. The second kappa shape index (κ2) is 5.46. The standard InChI is InChI=1S/C13H22N2O/c1-10(16)15-14-9-12-7-4-6-11-5-2-3-8-13(11)12/h9,11-13H,2-8H2,1H3,(H,15,16)/b14-9+. The van der Waals surface area contributed by atoms with Gasteiger partial charge in [-0.15, -0.1) is 0 Å². The second-order valence-electron chi connectivity index (χ2n) is 5.25. The molecule has 0 aliphatic heterocycles. The molecule has 0 aromatic rings. The molecule has 3 unspecified atom stereocenters. The molecular weight excluding hydrogens is 200 g/mol. The Morgan fingerprint density at radius 3 is 2.75 bits per heavy atom. The van der Waals surface area contributed by atoms with E-state index in [9.17, 15) is 4.79 Å². The van der Waals surface area contributed by atoms with Crippen molar-refractivity contribution in [3.8, 4) is 0 Å². The van der Waals surface area contributed by atoms with Gasteiger partial charge in [0.15, 0.2) is 0 Å². The van der Waals surface area contributed by atoms with Crippen LogP contribution in [0.15, 0.2) is 5.10 Å². The minimum atomic E-state index is -0.0766. The minimum Gasteiger partial charge on any atom is -0.274 e. The molecule has 1 N–H and O–H groups in total. The first-order valence-electron chi connectivity index (χ1n) is 6.57. The predicted octanol–water partition coefficient (Wildman–Crippen LogP) is 2.71. The van der Waals surface area contributed by atoms with E-state index in [-0.39, 0.29) is 5.91 Å². The van der Waals surface area contributed by atoms with E-state index in [2.05, 4.69) is 10.5 Å². The summed E-state index contributed by atoms with van der Waals surface area (Å²) in [7, 11) is 0. The van der Waals surface area contributed by atoms with Gasteiger partial charge in [0.25, 0.3) is 0 Å². The fourth-order valence-corrected chi connectivity index (χ4v) is 3.40. The van der Waals surface area contributed by atoms with Gasteiger partial charge in [-0.2, -0.15) is 5.10 Å². The summed E-state index contributed by atoms with van der Waals surface area (Å²) in [6.07, 6.45) is 11.6. The van der Waals surface area contributed by atoms with Crippen molar-refractivity contribution in [2.24, 2.45) is 22.9 Å². The highest BCUT2D eigenvalue weighted by atomic mass is 16.2. The maximum absolute atomic E-state index is 10.7. The van der Waals surface area contributed by atoms with E-state index >= 15 is 0 Å². The summed E-state index contributed by atoms with van der Waals surface area (Å²) in [5.41, 5.74) is 2.52. The van der Waals surface area contributed by atoms with Gasteiger partial charge in [0.1, 0.15) is 0 Å². The second-order valence-corrected chi connectivity index (χ2v) is 5.25. The van der Waals surface area contributed by atoms with Crippen LogP contribution in [0.4, 0.5) is 0 Å². The molecular formula is C13H22N2O. The molecule has 3 nitrogen and oxygen atoms in total. The van der Waals surface area contributed by atoms with Crippen molar-refractivity contribution in [1.29, 1.82) is 0 Å². The van der Waals surface area contributed by atoms with Crippen molar-refractivity contribution in [3.05, 3.63) is 0 Å². The van der Waals surface area contributed by atoms with E-state index in [4.69, 9.17) is 0 Å². The topological polar surface area (TPSA) is 41.5 Å². The van der Waals surface area contributed by atoms with Crippen LogP contribution in [0.5, 0.6) is 0 Å². The van der Waals surface area contributed by atoms with Crippen molar-refractivity contribution in [2.75, 3.05) is 0 Å². The van der Waals surface area contributed by atoms with Crippen LogP contribution in [0, 0.1) is 17.8 Å². The zero-order valence-electron chi connectivity index (χ0n) is 10.1. The average molecular weight is 222 g/mol.